The van der Waals surface area contributed by atoms with Gasteiger partial charge in [-0.25, -0.2) is 4.39 Å². The molecule has 1 aromatic carbocycles. The molecule has 0 unspecified atom stereocenters. The molecule has 21 heavy (non-hydrogen) atoms. The standard InChI is InChI=1S/C17H18FNOS/c1-2-19-15-5-3-4-14(15)16(20)10-17(19)21-11-12-6-8-13(18)9-7-12/h6-10H,2-5,11H2,1H3. The Bertz CT molecular complexity index is 706. The van der Waals surface area contributed by atoms with E-state index in [0.29, 0.717) is 0 Å². The average molecular weight is 303 g/mol. The summed E-state index contributed by atoms with van der Waals surface area (Å²) in [6.45, 7) is 3.00. The van der Waals surface area contributed by atoms with Crippen LogP contribution in [0.3, 0.4) is 0 Å². The van der Waals surface area contributed by atoms with Gasteiger partial charge in [0.25, 0.3) is 0 Å². The van der Waals surface area contributed by atoms with Crippen LogP contribution in [0.1, 0.15) is 30.2 Å². The van der Waals surface area contributed by atoms with Gasteiger partial charge in [-0.1, -0.05) is 12.1 Å². The largest absolute Gasteiger partial charge is 0.340 e. The minimum Gasteiger partial charge on any atom is -0.340 e. The number of rotatable bonds is 4. The second-order valence-corrected chi connectivity index (χ2v) is 6.28. The van der Waals surface area contributed by atoms with E-state index in [-0.39, 0.29) is 11.2 Å². The normalized spacial score (nSPS) is 13.4. The zero-order valence-electron chi connectivity index (χ0n) is 12.1. The Kier molecular flexibility index (Phi) is 4.15. The van der Waals surface area contributed by atoms with Crippen LogP contribution < -0.4 is 5.43 Å². The van der Waals surface area contributed by atoms with Crippen molar-refractivity contribution in [2.24, 2.45) is 0 Å². The number of pyridine rings is 1. The summed E-state index contributed by atoms with van der Waals surface area (Å²) in [5.74, 6) is 0.533. The Morgan fingerprint density at radius 1 is 1.24 bits per heavy atom. The van der Waals surface area contributed by atoms with Gasteiger partial charge in [-0.2, -0.15) is 0 Å². The Labute approximate surface area is 128 Å². The van der Waals surface area contributed by atoms with Crippen LogP contribution in [0.4, 0.5) is 4.39 Å². The van der Waals surface area contributed by atoms with Crippen LogP contribution in [-0.2, 0) is 25.1 Å². The summed E-state index contributed by atoms with van der Waals surface area (Å²) in [7, 11) is 0. The van der Waals surface area contributed by atoms with Gasteiger partial charge in [-0.05, 0) is 43.9 Å². The number of halogens is 1. The lowest BCUT2D eigenvalue weighted by molar-refractivity contribution is 0.627. The molecule has 1 heterocycles. The second-order valence-electron chi connectivity index (χ2n) is 5.29. The first kappa shape index (κ1) is 14.4. The maximum absolute atomic E-state index is 12.9. The van der Waals surface area contributed by atoms with Gasteiger partial charge < -0.3 is 4.57 Å². The fourth-order valence-electron chi connectivity index (χ4n) is 2.91. The number of fused-ring (bicyclic) bond motifs is 1. The van der Waals surface area contributed by atoms with Crippen LogP contribution >= 0.6 is 11.8 Å². The highest BCUT2D eigenvalue weighted by Gasteiger charge is 2.19. The van der Waals surface area contributed by atoms with Crippen molar-refractivity contribution in [1.82, 2.24) is 4.57 Å². The van der Waals surface area contributed by atoms with Gasteiger partial charge in [0.05, 0.1) is 5.03 Å². The molecule has 2 aromatic rings. The molecule has 0 spiro atoms. The molecule has 0 aliphatic heterocycles. The molecule has 0 N–H and O–H groups in total. The molecule has 0 bridgehead atoms. The fourth-order valence-corrected chi connectivity index (χ4v) is 4.00. The summed E-state index contributed by atoms with van der Waals surface area (Å²) in [4.78, 5) is 12.2. The molecule has 1 aliphatic carbocycles. The van der Waals surface area contributed by atoms with E-state index in [1.54, 1.807) is 30.0 Å². The van der Waals surface area contributed by atoms with Gasteiger partial charge in [-0.15, -0.1) is 11.8 Å². The fraction of sp³-hybridized carbons (Fsp3) is 0.353. The Hall–Kier alpha value is -1.55. The van der Waals surface area contributed by atoms with Crippen LogP contribution in [0.2, 0.25) is 0 Å². The van der Waals surface area contributed by atoms with Crippen LogP contribution in [0.5, 0.6) is 0 Å². The zero-order chi connectivity index (χ0) is 14.8. The summed E-state index contributed by atoms with van der Waals surface area (Å²) in [5, 5.41) is 1.02. The van der Waals surface area contributed by atoms with E-state index in [1.807, 2.05) is 0 Å². The third kappa shape index (κ3) is 2.91. The first-order chi connectivity index (χ1) is 10.2. The van der Waals surface area contributed by atoms with Gasteiger partial charge in [0.1, 0.15) is 5.82 Å². The van der Waals surface area contributed by atoms with Crippen molar-refractivity contribution >= 4 is 11.8 Å². The summed E-state index contributed by atoms with van der Waals surface area (Å²) >= 11 is 1.65. The second kappa shape index (κ2) is 6.06. The molecule has 3 rings (SSSR count). The van der Waals surface area contributed by atoms with E-state index in [4.69, 9.17) is 0 Å². The zero-order valence-corrected chi connectivity index (χ0v) is 12.9. The van der Waals surface area contributed by atoms with Gasteiger partial charge in [0, 0.05) is 29.6 Å². The van der Waals surface area contributed by atoms with Crippen LogP contribution in [0.15, 0.2) is 40.2 Å². The molecule has 0 radical (unpaired) electrons. The number of benzene rings is 1. The molecule has 0 saturated carbocycles. The molecule has 0 amide bonds. The molecule has 2 nitrogen and oxygen atoms in total. The molecular formula is C17H18FNOS. The molecule has 110 valence electrons. The molecule has 1 aromatic heterocycles. The third-order valence-electron chi connectivity index (χ3n) is 3.95. The predicted molar refractivity (Wildman–Crippen MR) is 84.4 cm³/mol. The molecule has 4 heteroatoms. The summed E-state index contributed by atoms with van der Waals surface area (Å²) in [6, 6.07) is 8.31. The van der Waals surface area contributed by atoms with E-state index >= 15 is 0 Å². The van der Waals surface area contributed by atoms with Crippen molar-refractivity contribution in [1.29, 1.82) is 0 Å². The average Bonchev–Trinajstić information content (AvgIpc) is 2.97. The van der Waals surface area contributed by atoms with Crippen molar-refractivity contribution in [3.63, 3.8) is 0 Å². The maximum atomic E-state index is 12.9. The highest BCUT2D eigenvalue weighted by atomic mass is 32.2. The Morgan fingerprint density at radius 2 is 2.00 bits per heavy atom. The molecule has 0 saturated heterocycles. The van der Waals surface area contributed by atoms with E-state index in [1.165, 1.54) is 17.8 Å². The van der Waals surface area contributed by atoms with Crippen LogP contribution in [0, 0.1) is 5.82 Å². The minimum atomic E-state index is -0.216. The molecule has 0 fully saturated rings. The lowest BCUT2D eigenvalue weighted by Gasteiger charge is -2.16. The maximum Gasteiger partial charge on any atom is 0.186 e. The molecule has 1 aliphatic rings. The van der Waals surface area contributed by atoms with E-state index in [2.05, 4.69) is 11.5 Å². The third-order valence-corrected chi connectivity index (χ3v) is 5.06. The minimum absolute atomic E-state index is 0.175. The lowest BCUT2D eigenvalue weighted by Crippen LogP contribution is -2.16. The van der Waals surface area contributed by atoms with Crippen LogP contribution in [-0.4, -0.2) is 4.57 Å². The number of hydrogen-bond acceptors (Lipinski definition) is 2. The summed E-state index contributed by atoms with van der Waals surface area (Å²) < 4.78 is 15.2. The topological polar surface area (TPSA) is 22.0 Å². The van der Waals surface area contributed by atoms with Crippen LogP contribution in [0.25, 0.3) is 0 Å². The quantitative estimate of drug-likeness (QED) is 0.802. The Morgan fingerprint density at radius 3 is 2.71 bits per heavy atom. The Balaban J connectivity index is 1.87. The van der Waals surface area contributed by atoms with Crippen molar-refractivity contribution in [3.8, 4) is 0 Å². The molecular weight excluding hydrogens is 285 g/mol. The van der Waals surface area contributed by atoms with Gasteiger partial charge in [-0.3, -0.25) is 4.79 Å². The van der Waals surface area contributed by atoms with Gasteiger partial charge in [0.2, 0.25) is 0 Å². The van der Waals surface area contributed by atoms with E-state index in [0.717, 1.165) is 47.7 Å². The highest BCUT2D eigenvalue weighted by Crippen LogP contribution is 2.27. The highest BCUT2D eigenvalue weighted by molar-refractivity contribution is 7.98. The molecule has 0 atom stereocenters. The number of aromatic nitrogens is 1. The number of thioether (sulfide) groups is 1. The SMILES string of the molecule is CCn1c(SCc2ccc(F)cc2)cc(=O)c2c1CCC2. The van der Waals surface area contributed by atoms with E-state index < -0.39 is 0 Å². The van der Waals surface area contributed by atoms with Crippen molar-refractivity contribution in [2.75, 3.05) is 0 Å². The van der Waals surface area contributed by atoms with Gasteiger partial charge >= 0.3 is 0 Å². The predicted octanol–water partition coefficient (Wildman–Crippen LogP) is 3.79. The number of nitrogens with zero attached hydrogens (tertiary/aromatic N) is 1. The number of hydrogen-bond donors (Lipinski definition) is 0. The van der Waals surface area contributed by atoms with Crippen molar-refractivity contribution < 1.29 is 4.39 Å². The summed E-state index contributed by atoms with van der Waals surface area (Å²) in [5.41, 5.74) is 3.46. The first-order valence-electron chi connectivity index (χ1n) is 7.32. The van der Waals surface area contributed by atoms with Crippen molar-refractivity contribution in [2.45, 2.75) is 43.5 Å². The summed E-state index contributed by atoms with van der Waals surface area (Å²) in [6.07, 6.45) is 3.00. The smallest absolute Gasteiger partial charge is 0.186 e. The monoisotopic (exact) mass is 303 g/mol. The van der Waals surface area contributed by atoms with Gasteiger partial charge in [0.15, 0.2) is 5.43 Å². The van der Waals surface area contributed by atoms with Crippen molar-refractivity contribution in [3.05, 3.63) is 63.2 Å². The van der Waals surface area contributed by atoms with E-state index in [9.17, 15) is 9.18 Å². The lowest BCUT2D eigenvalue weighted by atomic mass is 10.2. The first-order valence-corrected chi connectivity index (χ1v) is 8.30.